The Labute approximate surface area is 145 Å². The average Bonchev–Trinajstić information content (AvgIpc) is 2.63. The first-order valence-electron chi connectivity index (χ1n) is 9.39. The second kappa shape index (κ2) is 7.92. The van der Waals surface area contributed by atoms with E-state index >= 15 is 0 Å². The zero-order valence-corrected chi connectivity index (χ0v) is 14.8. The number of aromatic nitrogens is 1. The molecule has 24 heavy (non-hydrogen) atoms. The summed E-state index contributed by atoms with van der Waals surface area (Å²) in [6.45, 7) is 4.67. The summed E-state index contributed by atoms with van der Waals surface area (Å²) < 4.78 is 12.9. The van der Waals surface area contributed by atoms with Crippen molar-refractivity contribution >= 4 is 0 Å². The fourth-order valence-electron chi connectivity index (χ4n) is 4.18. The minimum Gasteiger partial charge on any atom is -0.228 e. The van der Waals surface area contributed by atoms with Crippen LogP contribution < -0.4 is 0 Å². The molecule has 0 saturated heterocycles. The maximum atomic E-state index is 12.9. The van der Waals surface area contributed by atoms with Gasteiger partial charge in [0.15, 0.2) is 0 Å². The molecule has 0 bridgehead atoms. The molecular formula is C22H28FN. The lowest BCUT2D eigenvalue weighted by atomic mass is 9.73. The van der Waals surface area contributed by atoms with E-state index in [4.69, 9.17) is 0 Å². The Hall–Kier alpha value is -1.70. The summed E-state index contributed by atoms with van der Waals surface area (Å²) in [4.78, 5) is 3.74. The van der Waals surface area contributed by atoms with Gasteiger partial charge in [-0.15, -0.1) is 0 Å². The van der Waals surface area contributed by atoms with E-state index < -0.39 is 5.95 Å². The van der Waals surface area contributed by atoms with Crippen LogP contribution in [0.1, 0.15) is 63.9 Å². The highest BCUT2D eigenvalue weighted by Crippen LogP contribution is 2.39. The largest absolute Gasteiger partial charge is 0.228 e. The van der Waals surface area contributed by atoms with Crippen LogP contribution in [0.25, 0.3) is 11.1 Å². The lowest BCUT2D eigenvalue weighted by Gasteiger charge is -2.32. The van der Waals surface area contributed by atoms with Gasteiger partial charge < -0.3 is 0 Å². The van der Waals surface area contributed by atoms with Crippen LogP contribution in [0.2, 0.25) is 0 Å². The molecule has 0 amide bonds. The van der Waals surface area contributed by atoms with Crippen molar-refractivity contribution in [1.29, 1.82) is 0 Å². The molecule has 1 nitrogen and oxygen atoms in total. The summed E-state index contributed by atoms with van der Waals surface area (Å²) >= 11 is 0. The number of pyridine rings is 1. The van der Waals surface area contributed by atoms with Gasteiger partial charge in [-0.2, -0.15) is 4.39 Å². The van der Waals surface area contributed by atoms with E-state index in [0.29, 0.717) is 5.92 Å². The van der Waals surface area contributed by atoms with Crippen LogP contribution >= 0.6 is 0 Å². The van der Waals surface area contributed by atoms with E-state index in [2.05, 4.69) is 43.1 Å². The summed E-state index contributed by atoms with van der Waals surface area (Å²) in [6, 6.07) is 12.0. The zero-order valence-electron chi connectivity index (χ0n) is 14.8. The number of rotatable bonds is 5. The maximum Gasteiger partial charge on any atom is 0.212 e. The number of hydrogen-bond donors (Lipinski definition) is 0. The number of nitrogens with zero attached hydrogens (tertiary/aromatic N) is 1. The Morgan fingerprint density at radius 3 is 2.25 bits per heavy atom. The van der Waals surface area contributed by atoms with Gasteiger partial charge in [-0.1, -0.05) is 63.8 Å². The average molecular weight is 325 g/mol. The van der Waals surface area contributed by atoms with Gasteiger partial charge in [-0.25, -0.2) is 4.98 Å². The zero-order chi connectivity index (χ0) is 16.9. The van der Waals surface area contributed by atoms with Crippen molar-refractivity contribution in [1.82, 2.24) is 4.98 Å². The Bertz CT molecular complexity index is 624. The van der Waals surface area contributed by atoms with Gasteiger partial charge in [0.1, 0.15) is 0 Å². The van der Waals surface area contributed by atoms with Crippen molar-refractivity contribution < 1.29 is 4.39 Å². The predicted octanol–water partition coefficient (Wildman–Crippen LogP) is 6.60. The minimum absolute atomic E-state index is 0.428. The van der Waals surface area contributed by atoms with Gasteiger partial charge in [0.2, 0.25) is 5.95 Å². The smallest absolute Gasteiger partial charge is 0.212 e. The van der Waals surface area contributed by atoms with Gasteiger partial charge >= 0.3 is 0 Å². The van der Waals surface area contributed by atoms with Crippen molar-refractivity contribution in [3.63, 3.8) is 0 Å². The SMILES string of the molecule is CCCC1CCC(C(C)c2ccc(-c3ccc(F)nc3)cc2)CC1. The van der Waals surface area contributed by atoms with Crippen molar-refractivity contribution in [3.8, 4) is 11.1 Å². The molecule has 1 atom stereocenters. The number of benzene rings is 1. The first kappa shape index (κ1) is 17.1. The molecule has 2 heteroatoms. The highest BCUT2D eigenvalue weighted by atomic mass is 19.1. The van der Waals surface area contributed by atoms with Crippen LogP contribution in [-0.4, -0.2) is 4.98 Å². The number of hydrogen-bond acceptors (Lipinski definition) is 1. The monoisotopic (exact) mass is 325 g/mol. The fraction of sp³-hybridized carbons (Fsp3) is 0.500. The Balaban J connectivity index is 1.64. The maximum absolute atomic E-state index is 12.9. The predicted molar refractivity (Wildman–Crippen MR) is 98.4 cm³/mol. The summed E-state index contributed by atoms with van der Waals surface area (Å²) in [6.07, 6.45) is 9.88. The van der Waals surface area contributed by atoms with E-state index in [1.807, 2.05) is 0 Å². The molecule has 1 aromatic heterocycles. The van der Waals surface area contributed by atoms with Crippen LogP contribution in [0.3, 0.4) is 0 Å². The molecule has 1 aliphatic rings. The van der Waals surface area contributed by atoms with E-state index in [1.165, 1.54) is 50.2 Å². The highest BCUT2D eigenvalue weighted by molar-refractivity contribution is 5.62. The van der Waals surface area contributed by atoms with Crippen LogP contribution in [0.15, 0.2) is 42.6 Å². The van der Waals surface area contributed by atoms with Crippen LogP contribution in [-0.2, 0) is 0 Å². The molecule has 1 aliphatic carbocycles. The topological polar surface area (TPSA) is 12.9 Å². The molecule has 1 fully saturated rings. The second-order valence-corrected chi connectivity index (χ2v) is 7.35. The third-order valence-electron chi connectivity index (χ3n) is 5.79. The second-order valence-electron chi connectivity index (χ2n) is 7.35. The first-order chi connectivity index (χ1) is 11.7. The van der Waals surface area contributed by atoms with Gasteiger partial charge in [0, 0.05) is 11.8 Å². The van der Waals surface area contributed by atoms with Gasteiger partial charge in [-0.05, 0) is 53.9 Å². The molecule has 1 heterocycles. The fourth-order valence-corrected chi connectivity index (χ4v) is 4.18. The Morgan fingerprint density at radius 2 is 1.67 bits per heavy atom. The molecule has 2 aromatic rings. The molecule has 1 unspecified atom stereocenters. The van der Waals surface area contributed by atoms with E-state index in [0.717, 1.165) is 23.0 Å². The summed E-state index contributed by atoms with van der Waals surface area (Å²) in [7, 11) is 0. The van der Waals surface area contributed by atoms with Crippen molar-refractivity contribution in [2.75, 3.05) is 0 Å². The third kappa shape index (κ3) is 4.03. The molecule has 0 aliphatic heterocycles. The standard InChI is InChI=1S/C22H28FN/c1-3-4-17-5-7-18(8-6-17)16(2)19-9-11-20(12-10-19)21-13-14-22(23)24-15-21/h9-18H,3-8H2,1-2H3. The normalized spacial score (nSPS) is 22.3. The first-order valence-corrected chi connectivity index (χ1v) is 9.39. The molecular weight excluding hydrogens is 297 g/mol. The van der Waals surface area contributed by atoms with Crippen LogP contribution in [0.4, 0.5) is 4.39 Å². The summed E-state index contributed by atoms with van der Waals surface area (Å²) in [5.74, 6) is 1.97. The molecule has 3 rings (SSSR count). The van der Waals surface area contributed by atoms with E-state index in [-0.39, 0.29) is 0 Å². The number of halogens is 1. The quantitative estimate of drug-likeness (QED) is 0.564. The molecule has 128 valence electrons. The molecule has 0 N–H and O–H groups in total. The third-order valence-corrected chi connectivity index (χ3v) is 5.79. The molecule has 1 aromatic carbocycles. The van der Waals surface area contributed by atoms with Gasteiger partial charge in [0.05, 0.1) is 0 Å². The lowest BCUT2D eigenvalue weighted by Crippen LogP contribution is -2.19. The van der Waals surface area contributed by atoms with Crippen molar-refractivity contribution in [2.45, 2.75) is 58.3 Å². The van der Waals surface area contributed by atoms with Crippen molar-refractivity contribution in [2.24, 2.45) is 11.8 Å². The van der Waals surface area contributed by atoms with Crippen LogP contribution in [0, 0.1) is 17.8 Å². The minimum atomic E-state index is -0.428. The van der Waals surface area contributed by atoms with E-state index in [9.17, 15) is 4.39 Å². The molecule has 1 saturated carbocycles. The van der Waals surface area contributed by atoms with Gasteiger partial charge in [0.25, 0.3) is 0 Å². The van der Waals surface area contributed by atoms with Crippen LogP contribution in [0.5, 0.6) is 0 Å². The Morgan fingerprint density at radius 1 is 1.00 bits per heavy atom. The van der Waals surface area contributed by atoms with E-state index in [1.54, 1.807) is 12.3 Å². The Kier molecular flexibility index (Phi) is 5.65. The van der Waals surface area contributed by atoms with Gasteiger partial charge in [-0.3, -0.25) is 0 Å². The molecule has 0 radical (unpaired) electrons. The summed E-state index contributed by atoms with van der Waals surface area (Å²) in [5.41, 5.74) is 3.49. The highest BCUT2D eigenvalue weighted by Gasteiger charge is 2.25. The lowest BCUT2D eigenvalue weighted by molar-refractivity contribution is 0.239. The summed E-state index contributed by atoms with van der Waals surface area (Å²) in [5, 5.41) is 0. The molecule has 0 spiro atoms. The van der Waals surface area contributed by atoms with Crippen molar-refractivity contribution in [3.05, 3.63) is 54.1 Å².